The zero-order valence-electron chi connectivity index (χ0n) is 11.6. The maximum Gasteiger partial charge on any atom is 0.145 e. The molecule has 0 radical (unpaired) electrons. The monoisotopic (exact) mass is 363 g/mol. The van der Waals surface area contributed by atoms with E-state index in [9.17, 15) is 8.78 Å². The summed E-state index contributed by atoms with van der Waals surface area (Å²) in [5, 5.41) is 3.25. The van der Waals surface area contributed by atoms with E-state index in [2.05, 4.69) is 21.2 Å². The van der Waals surface area contributed by atoms with Gasteiger partial charge in [0.2, 0.25) is 0 Å². The molecule has 1 heterocycles. The van der Waals surface area contributed by atoms with Crippen LogP contribution < -0.4 is 5.32 Å². The van der Waals surface area contributed by atoms with Gasteiger partial charge in [-0.05, 0) is 71.3 Å². The Hall–Kier alpha value is -0.130. The summed E-state index contributed by atoms with van der Waals surface area (Å²) in [7, 11) is 0. The second-order valence-electron chi connectivity index (χ2n) is 5.16. The van der Waals surface area contributed by atoms with Crippen LogP contribution in [0.4, 0.5) is 8.78 Å². The van der Waals surface area contributed by atoms with Crippen molar-refractivity contribution in [3.8, 4) is 0 Å². The highest BCUT2D eigenvalue weighted by Gasteiger charge is 2.25. The third-order valence-corrected chi connectivity index (χ3v) is 5.45. The van der Waals surface area contributed by atoms with Crippen LogP contribution in [0.3, 0.4) is 0 Å². The Morgan fingerprint density at radius 2 is 2.05 bits per heavy atom. The van der Waals surface area contributed by atoms with E-state index < -0.39 is 11.6 Å². The molecule has 1 nitrogen and oxygen atoms in total. The van der Waals surface area contributed by atoms with Crippen LogP contribution in [0.15, 0.2) is 16.6 Å². The molecule has 112 valence electrons. The van der Waals surface area contributed by atoms with Gasteiger partial charge in [0, 0.05) is 11.6 Å². The Kier molecular flexibility index (Phi) is 6.30. The predicted octanol–water partition coefficient (Wildman–Crippen LogP) is 4.91. The molecule has 1 aliphatic rings. The van der Waals surface area contributed by atoms with Crippen LogP contribution in [-0.2, 0) is 0 Å². The molecule has 2 rings (SSSR count). The molecule has 1 atom stereocenters. The average Bonchev–Trinajstić information content (AvgIpc) is 2.45. The maximum atomic E-state index is 14.3. The number of hydrogen-bond acceptors (Lipinski definition) is 2. The topological polar surface area (TPSA) is 12.0 Å². The Morgan fingerprint density at radius 1 is 1.35 bits per heavy atom. The Labute approximate surface area is 132 Å². The van der Waals surface area contributed by atoms with E-state index in [1.54, 1.807) is 0 Å². The Bertz CT molecular complexity index is 450. The van der Waals surface area contributed by atoms with Gasteiger partial charge >= 0.3 is 0 Å². The lowest BCUT2D eigenvalue weighted by Crippen LogP contribution is -2.27. The van der Waals surface area contributed by atoms with E-state index in [1.165, 1.54) is 12.1 Å². The fourth-order valence-electron chi connectivity index (χ4n) is 2.73. The van der Waals surface area contributed by atoms with Crippen LogP contribution in [0.2, 0.25) is 0 Å². The molecule has 0 amide bonds. The molecule has 1 aromatic carbocycles. The van der Waals surface area contributed by atoms with Crippen molar-refractivity contribution in [1.29, 1.82) is 0 Å². The minimum absolute atomic E-state index is 0.180. The quantitative estimate of drug-likeness (QED) is 0.745. The first kappa shape index (κ1) is 16.2. The first-order valence-electron chi connectivity index (χ1n) is 7.08. The molecule has 20 heavy (non-hydrogen) atoms. The van der Waals surface area contributed by atoms with Crippen LogP contribution in [-0.4, -0.2) is 18.1 Å². The normalized spacial score (nSPS) is 18.2. The molecule has 5 heteroatoms. The summed E-state index contributed by atoms with van der Waals surface area (Å²) in [5.41, 5.74) is 0.180. The number of benzene rings is 1. The van der Waals surface area contributed by atoms with E-state index in [1.807, 2.05) is 18.7 Å². The van der Waals surface area contributed by atoms with Crippen molar-refractivity contribution in [1.82, 2.24) is 5.32 Å². The summed E-state index contributed by atoms with van der Waals surface area (Å²) in [6.07, 6.45) is 3.09. The molecule has 0 aromatic heterocycles. The molecule has 1 unspecified atom stereocenters. The first-order chi connectivity index (χ1) is 9.63. The lowest BCUT2D eigenvalue weighted by atomic mass is 9.90. The standard InChI is InChI=1S/C15H20BrF2NS/c1-2-19-13(9-10-5-7-20-8-6-10)14-12(17)4-3-11(16)15(14)18/h3-4,10,13,19H,2,5-9H2,1H3. The number of rotatable bonds is 5. The first-order valence-corrected chi connectivity index (χ1v) is 9.02. The maximum absolute atomic E-state index is 14.3. The lowest BCUT2D eigenvalue weighted by Gasteiger charge is -2.27. The van der Waals surface area contributed by atoms with Crippen molar-refractivity contribution in [3.63, 3.8) is 0 Å². The second-order valence-corrected chi connectivity index (χ2v) is 7.24. The minimum Gasteiger partial charge on any atom is -0.310 e. The van der Waals surface area contributed by atoms with Crippen molar-refractivity contribution in [2.75, 3.05) is 18.1 Å². The summed E-state index contributed by atoms with van der Waals surface area (Å²) in [6, 6.07) is 2.52. The van der Waals surface area contributed by atoms with Gasteiger partial charge in [-0.3, -0.25) is 0 Å². The molecule has 1 aromatic rings. The van der Waals surface area contributed by atoms with Gasteiger partial charge in [0.1, 0.15) is 11.6 Å². The van der Waals surface area contributed by atoms with Gasteiger partial charge in [-0.1, -0.05) is 6.92 Å². The number of thioether (sulfide) groups is 1. The SMILES string of the molecule is CCNC(CC1CCSCC1)c1c(F)ccc(Br)c1F. The van der Waals surface area contributed by atoms with Crippen molar-refractivity contribution in [3.05, 3.63) is 33.8 Å². The Morgan fingerprint density at radius 3 is 2.70 bits per heavy atom. The van der Waals surface area contributed by atoms with Crippen molar-refractivity contribution in [2.45, 2.75) is 32.2 Å². The molecule has 1 aliphatic heterocycles. The summed E-state index contributed by atoms with van der Waals surface area (Å²) >= 11 is 5.12. The van der Waals surface area contributed by atoms with E-state index in [0.29, 0.717) is 16.9 Å². The molecular weight excluding hydrogens is 344 g/mol. The van der Waals surface area contributed by atoms with Crippen LogP contribution in [0.5, 0.6) is 0 Å². The van der Waals surface area contributed by atoms with E-state index in [0.717, 1.165) is 30.8 Å². The number of hydrogen-bond donors (Lipinski definition) is 1. The van der Waals surface area contributed by atoms with E-state index in [4.69, 9.17) is 0 Å². The highest BCUT2D eigenvalue weighted by atomic mass is 79.9. The van der Waals surface area contributed by atoms with Gasteiger partial charge in [-0.25, -0.2) is 8.78 Å². The molecule has 1 saturated heterocycles. The lowest BCUT2D eigenvalue weighted by molar-refractivity contribution is 0.357. The van der Waals surface area contributed by atoms with Gasteiger partial charge in [0.15, 0.2) is 0 Å². The third kappa shape index (κ3) is 3.95. The largest absolute Gasteiger partial charge is 0.310 e. The molecular formula is C15H20BrF2NS. The summed E-state index contributed by atoms with van der Waals surface area (Å²) in [4.78, 5) is 0. The fourth-order valence-corrected chi connectivity index (χ4v) is 4.28. The molecule has 0 spiro atoms. The smallest absolute Gasteiger partial charge is 0.145 e. The van der Waals surface area contributed by atoms with Crippen molar-refractivity contribution < 1.29 is 8.78 Å². The van der Waals surface area contributed by atoms with Crippen LogP contribution in [0, 0.1) is 17.6 Å². The van der Waals surface area contributed by atoms with Gasteiger partial charge in [0.25, 0.3) is 0 Å². The van der Waals surface area contributed by atoms with Gasteiger partial charge in [-0.2, -0.15) is 11.8 Å². The predicted molar refractivity (Wildman–Crippen MR) is 85.1 cm³/mol. The van der Waals surface area contributed by atoms with Crippen LogP contribution in [0.1, 0.15) is 37.8 Å². The summed E-state index contributed by atoms with van der Waals surface area (Å²) in [6.45, 7) is 2.68. The molecule has 1 N–H and O–H groups in total. The Balaban J connectivity index is 2.21. The van der Waals surface area contributed by atoms with E-state index >= 15 is 0 Å². The zero-order valence-corrected chi connectivity index (χ0v) is 14.0. The minimum atomic E-state index is -0.471. The zero-order chi connectivity index (χ0) is 14.5. The van der Waals surface area contributed by atoms with Crippen LogP contribution in [0.25, 0.3) is 0 Å². The van der Waals surface area contributed by atoms with Crippen molar-refractivity contribution >= 4 is 27.7 Å². The summed E-state index contributed by atoms with van der Waals surface area (Å²) in [5.74, 6) is 1.95. The fraction of sp³-hybridized carbons (Fsp3) is 0.600. The number of nitrogens with one attached hydrogen (secondary N) is 1. The molecule has 1 fully saturated rings. The van der Waals surface area contributed by atoms with Gasteiger partial charge < -0.3 is 5.32 Å². The van der Waals surface area contributed by atoms with Crippen LogP contribution >= 0.6 is 27.7 Å². The highest BCUT2D eigenvalue weighted by Crippen LogP contribution is 2.34. The molecule has 0 aliphatic carbocycles. The third-order valence-electron chi connectivity index (χ3n) is 3.79. The van der Waals surface area contributed by atoms with Gasteiger partial charge in [-0.15, -0.1) is 0 Å². The highest BCUT2D eigenvalue weighted by molar-refractivity contribution is 9.10. The second kappa shape index (κ2) is 7.76. The average molecular weight is 364 g/mol. The summed E-state index contributed by atoms with van der Waals surface area (Å²) < 4.78 is 28.6. The molecule has 0 saturated carbocycles. The van der Waals surface area contributed by atoms with E-state index in [-0.39, 0.29) is 11.6 Å². The molecule has 0 bridgehead atoms. The number of halogens is 3. The van der Waals surface area contributed by atoms with Crippen molar-refractivity contribution in [2.24, 2.45) is 5.92 Å². The van der Waals surface area contributed by atoms with Gasteiger partial charge in [0.05, 0.1) is 4.47 Å².